The van der Waals surface area contributed by atoms with Gasteiger partial charge in [-0.3, -0.25) is 0 Å². The van der Waals surface area contributed by atoms with E-state index in [0.717, 1.165) is 48.5 Å². The molecular weight excluding hydrogens is 362 g/mol. The molecule has 2 aromatic heterocycles. The van der Waals surface area contributed by atoms with E-state index < -0.39 is 0 Å². The highest BCUT2D eigenvalue weighted by Crippen LogP contribution is 2.47. The molecule has 1 saturated heterocycles. The molecule has 2 aromatic carbocycles. The summed E-state index contributed by atoms with van der Waals surface area (Å²) in [6.07, 6.45) is 5.54. The Hall–Kier alpha value is -2.99. The van der Waals surface area contributed by atoms with Crippen molar-refractivity contribution in [2.45, 2.75) is 31.2 Å². The highest BCUT2D eigenvalue weighted by atomic mass is 16.5. The molecule has 2 atom stereocenters. The van der Waals surface area contributed by atoms with Crippen molar-refractivity contribution in [3.05, 3.63) is 66.3 Å². The Bertz CT molecular complexity index is 1170. The zero-order valence-corrected chi connectivity index (χ0v) is 16.2. The van der Waals surface area contributed by atoms with Crippen molar-refractivity contribution in [3.8, 4) is 11.4 Å². The Morgan fingerprint density at radius 2 is 2.14 bits per heavy atom. The fraction of sp³-hybridized carbons (Fsp3) is 0.348. The average Bonchev–Trinajstić information content (AvgIpc) is 3.51. The lowest BCUT2D eigenvalue weighted by Crippen LogP contribution is -2.31. The molecule has 146 valence electrons. The van der Waals surface area contributed by atoms with Crippen molar-refractivity contribution < 1.29 is 4.52 Å². The number of nitrogens with zero attached hydrogens (tertiary/aromatic N) is 4. The average molecular weight is 385 g/mol. The van der Waals surface area contributed by atoms with Crippen LogP contribution in [0.15, 0.2) is 59.4 Å². The van der Waals surface area contributed by atoms with Gasteiger partial charge in [-0.25, -0.2) is 4.98 Å². The first-order chi connectivity index (χ1) is 14.3. The first-order valence-electron chi connectivity index (χ1n) is 10.4. The Morgan fingerprint density at radius 3 is 3.14 bits per heavy atom. The zero-order chi connectivity index (χ0) is 19.3. The molecule has 1 aliphatic carbocycles. The third-order valence-corrected chi connectivity index (χ3v) is 6.71. The Balaban J connectivity index is 1.30. The van der Waals surface area contributed by atoms with Gasteiger partial charge in [-0.2, -0.15) is 4.98 Å². The maximum atomic E-state index is 5.79. The quantitative estimate of drug-likeness (QED) is 0.579. The zero-order valence-electron chi connectivity index (χ0n) is 16.2. The van der Waals surface area contributed by atoms with E-state index in [9.17, 15) is 0 Å². The highest BCUT2D eigenvalue weighted by Gasteiger charge is 2.51. The van der Waals surface area contributed by atoms with Crippen molar-refractivity contribution >= 4 is 11.0 Å². The van der Waals surface area contributed by atoms with Gasteiger partial charge in [0.05, 0.1) is 22.8 Å². The number of aromatic nitrogens is 4. The van der Waals surface area contributed by atoms with E-state index >= 15 is 0 Å². The predicted molar refractivity (Wildman–Crippen MR) is 110 cm³/mol. The molecular formula is C23H23N5O. The molecule has 3 heterocycles. The second-order valence-electron chi connectivity index (χ2n) is 8.36. The Kier molecular flexibility index (Phi) is 3.81. The number of benzene rings is 2. The predicted octanol–water partition coefficient (Wildman–Crippen LogP) is 3.78. The molecule has 0 radical (unpaired) electrons. The van der Waals surface area contributed by atoms with E-state index in [1.54, 1.807) is 0 Å². The molecule has 29 heavy (non-hydrogen) atoms. The highest BCUT2D eigenvalue weighted by molar-refractivity contribution is 5.75. The van der Waals surface area contributed by atoms with Crippen molar-refractivity contribution in [1.29, 1.82) is 0 Å². The van der Waals surface area contributed by atoms with E-state index in [-0.39, 0.29) is 5.41 Å². The molecule has 2 fully saturated rings. The van der Waals surface area contributed by atoms with Crippen molar-refractivity contribution in [3.63, 3.8) is 0 Å². The molecule has 1 saturated carbocycles. The summed E-state index contributed by atoms with van der Waals surface area (Å²) in [5.41, 5.74) is 4.38. The summed E-state index contributed by atoms with van der Waals surface area (Å²) in [4.78, 5) is 9.34. The van der Waals surface area contributed by atoms with Crippen LogP contribution < -0.4 is 5.32 Å². The maximum Gasteiger partial charge on any atom is 0.234 e. The van der Waals surface area contributed by atoms with Gasteiger partial charge in [-0.05, 0) is 49.1 Å². The van der Waals surface area contributed by atoms with Crippen LogP contribution in [0.5, 0.6) is 0 Å². The van der Waals surface area contributed by atoms with Crippen LogP contribution in [0.2, 0.25) is 0 Å². The SMILES string of the molecule is c1cc(Cn2cnc3ccccc32)cc(-c2noc([C@@]34CCC[C@@H]3CNC4)n2)c1. The normalized spacial score (nSPS) is 23.7. The molecule has 6 nitrogen and oxygen atoms in total. The van der Waals surface area contributed by atoms with Crippen molar-refractivity contribution in [2.75, 3.05) is 13.1 Å². The summed E-state index contributed by atoms with van der Waals surface area (Å²) in [7, 11) is 0. The summed E-state index contributed by atoms with van der Waals surface area (Å²) in [6, 6.07) is 16.6. The first-order valence-corrected chi connectivity index (χ1v) is 10.4. The van der Waals surface area contributed by atoms with Crippen LogP contribution in [0.25, 0.3) is 22.4 Å². The molecule has 0 amide bonds. The van der Waals surface area contributed by atoms with Crippen molar-refractivity contribution in [2.24, 2.45) is 5.92 Å². The van der Waals surface area contributed by atoms with E-state index in [2.05, 4.69) is 50.4 Å². The number of imidazole rings is 1. The minimum absolute atomic E-state index is 0.0403. The molecule has 1 N–H and O–H groups in total. The Morgan fingerprint density at radius 1 is 1.17 bits per heavy atom. The van der Waals surface area contributed by atoms with Gasteiger partial charge in [0.15, 0.2) is 0 Å². The van der Waals surface area contributed by atoms with Gasteiger partial charge in [0, 0.05) is 18.7 Å². The molecule has 4 aromatic rings. The van der Waals surface area contributed by atoms with Crippen LogP contribution in [0.1, 0.15) is 30.7 Å². The van der Waals surface area contributed by atoms with Crippen LogP contribution in [-0.2, 0) is 12.0 Å². The van der Waals surface area contributed by atoms with E-state index in [1.165, 1.54) is 18.4 Å². The maximum absolute atomic E-state index is 5.79. The number of para-hydroxylation sites is 2. The van der Waals surface area contributed by atoms with Gasteiger partial charge in [-0.1, -0.05) is 41.9 Å². The molecule has 6 heteroatoms. The second-order valence-corrected chi connectivity index (χ2v) is 8.36. The lowest BCUT2D eigenvalue weighted by Gasteiger charge is -2.22. The van der Waals surface area contributed by atoms with E-state index in [0.29, 0.717) is 11.7 Å². The summed E-state index contributed by atoms with van der Waals surface area (Å²) in [6.45, 7) is 2.77. The number of nitrogens with one attached hydrogen (secondary N) is 1. The fourth-order valence-corrected chi connectivity index (χ4v) is 5.19. The number of hydrogen-bond acceptors (Lipinski definition) is 5. The number of rotatable bonds is 4. The monoisotopic (exact) mass is 385 g/mol. The van der Waals surface area contributed by atoms with Gasteiger partial charge in [0.2, 0.25) is 11.7 Å². The Labute approximate surface area is 169 Å². The third kappa shape index (κ3) is 2.70. The lowest BCUT2D eigenvalue weighted by atomic mass is 9.80. The lowest BCUT2D eigenvalue weighted by molar-refractivity contribution is 0.265. The van der Waals surface area contributed by atoms with Crippen molar-refractivity contribution in [1.82, 2.24) is 25.0 Å². The number of hydrogen-bond donors (Lipinski definition) is 1. The molecule has 6 rings (SSSR count). The molecule has 2 aliphatic rings. The summed E-state index contributed by atoms with van der Waals surface area (Å²) in [5.74, 6) is 2.12. The van der Waals surface area contributed by atoms with Crippen LogP contribution in [-0.4, -0.2) is 32.8 Å². The van der Waals surface area contributed by atoms with E-state index in [4.69, 9.17) is 9.51 Å². The van der Waals surface area contributed by atoms with Crippen LogP contribution in [0, 0.1) is 5.92 Å². The minimum Gasteiger partial charge on any atom is -0.338 e. The minimum atomic E-state index is 0.0403. The molecule has 0 spiro atoms. The summed E-state index contributed by atoms with van der Waals surface area (Å²) < 4.78 is 7.96. The first kappa shape index (κ1) is 16.9. The topological polar surface area (TPSA) is 68.8 Å². The van der Waals surface area contributed by atoms with Gasteiger partial charge in [0.25, 0.3) is 0 Å². The largest absolute Gasteiger partial charge is 0.338 e. The van der Waals surface area contributed by atoms with Gasteiger partial charge in [0.1, 0.15) is 0 Å². The molecule has 1 aliphatic heterocycles. The van der Waals surface area contributed by atoms with Gasteiger partial charge >= 0.3 is 0 Å². The van der Waals surface area contributed by atoms with Crippen LogP contribution >= 0.6 is 0 Å². The van der Waals surface area contributed by atoms with Gasteiger partial charge in [-0.15, -0.1) is 0 Å². The second kappa shape index (κ2) is 6.52. The third-order valence-electron chi connectivity index (χ3n) is 6.71. The van der Waals surface area contributed by atoms with Crippen LogP contribution in [0.3, 0.4) is 0 Å². The summed E-state index contributed by atoms with van der Waals surface area (Å²) >= 11 is 0. The number of fused-ring (bicyclic) bond motifs is 2. The molecule has 0 bridgehead atoms. The van der Waals surface area contributed by atoms with Gasteiger partial charge < -0.3 is 14.4 Å². The van der Waals surface area contributed by atoms with E-state index in [1.807, 2.05) is 24.5 Å². The van der Waals surface area contributed by atoms with Crippen LogP contribution in [0.4, 0.5) is 0 Å². The standard InChI is InChI=1S/C23H23N5O/c1-2-9-20-19(8-1)25-15-28(20)13-16-5-3-6-17(11-16)21-26-22(29-27-21)23-10-4-7-18(23)12-24-14-23/h1-3,5-6,8-9,11,15,18,24H,4,7,10,12-14H2/t18-,23-/m1/s1. The smallest absolute Gasteiger partial charge is 0.234 e. The molecule has 0 unspecified atom stereocenters. The fourth-order valence-electron chi connectivity index (χ4n) is 5.19. The summed E-state index contributed by atoms with van der Waals surface area (Å²) in [5, 5.41) is 7.87.